The zero-order valence-corrected chi connectivity index (χ0v) is 20.5. The summed E-state index contributed by atoms with van der Waals surface area (Å²) in [5.74, 6) is -3.30. The Bertz CT molecular complexity index is 1020. The average Bonchev–Trinajstić information content (AvgIpc) is 2.92. The zero-order chi connectivity index (χ0) is 26.8. The maximum absolute atomic E-state index is 12.8. The first-order chi connectivity index (χ1) is 17.2. The summed E-state index contributed by atoms with van der Waals surface area (Å²) in [5, 5.41) is 0. The first kappa shape index (κ1) is 27.8. The monoisotopic (exact) mass is 506 g/mol. The second kappa shape index (κ2) is 12.8. The van der Waals surface area contributed by atoms with E-state index >= 15 is 0 Å². The lowest BCUT2D eigenvalue weighted by Crippen LogP contribution is -2.47. The van der Waals surface area contributed by atoms with Crippen molar-refractivity contribution in [3.8, 4) is 23.0 Å². The van der Waals surface area contributed by atoms with Gasteiger partial charge in [0.1, 0.15) is 0 Å². The summed E-state index contributed by atoms with van der Waals surface area (Å²) in [5.41, 5.74) is -0.0900. The van der Waals surface area contributed by atoms with E-state index in [0.717, 1.165) is 14.2 Å². The van der Waals surface area contributed by atoms with Gasteiger partial charge in [-0.1, -0.05) is 0 Å². The standard InChI is InChI=1S/C24H26O12/c1-29-15-9-7-13(11-17(15)31-3)21(25)35-19(23(27)33-5)20(24(28)34-6)36-22(26)14-8-10-16(30-2)18(12-14)32-4/h7-12,19-20H,1-6H3/t19-,20-/m1/s1. The van der Waals surface area contributed by atoms with Crippen molar-refractivity contribution in [3.05, 3.63) is 47.5 Å². The van der Waals surface area contributed by atoms with E-state index in [1.807, 2.05) is 0 Å². The van der Waals surface area contributed by atoms with Crippen LogP contribution in [-0.2, 0) is 28.5 Å². The van der Waals surface area contributed by atoms with Crippen LogP contribution in [-0.4, -0.2) is 78.7 Å². The predicted octanol–water partition coefficient (Wildman–Crippen LogP) is 1.82. The first-order valence-electron chi connectivity index (χ1n) is 10.3. The molecule has 2 atom stereocenters. The van der Waals surface area contributed by atoms with Crippen molar-refractivity contribution in [3.63, 3.8) is 0 Å². The zero-order valence-electron chi connectivity index (χ0n) is 20.5. The average molecular weight is 506 g/mol. The van der Waals surface area contributed by atoms with Gasteiger partial charge < -0.3 is 37.9 Å². The van der Waals surface area contributed by atoms with Crippen LogP contribution >= 0.6 is 0 Å². The van der Waals surface area contributed by atoms with E-state index < -0.39 is 36.1 Å². The Morgan fingerprint density at radius 2 is 0.861 bits per heavy atom. The number of methoxy groups -OCH3 is 6. The van der Waals surface area contributed by atoms with E-state index in [2.05, 4.69) is 9.47 Å². The molecule has 12 heteroatoms. The highest BCUT2D eigenvalue weighted by molar-refractivity contribution is 5.96. The van der Waals surface area contributed by atoms with Gasteiger partial charge >= 0.3 is 23.9 Å². The van der Waals surface area contributed by atoms with Gasteiger partial charge in [-0.05, 0) is 36.4 Å². The Balaban J connectivity index is 2.38. The molecule has 0 heterocycles. The minimum Gasteiger partial charge on any atom is -0.493 e. The van der Waals surface area contributed by atoms with Crippen LogP contribution in [0, 0.1) is 0 Å². The Morgan fingerprint density at radius 1 is 0.528 bits per heavy atom. The summed E-state index contributed by atoms with van der Waals surface area (Å²) < 4.78 is 40.3. The molecule has 0 aliphatic heterocycles. The molecule has 0 radical (unpaired) electrons. The van der Waals surface area contributed by atoms with Crippen molar-refractivity contribution >= 4 is 23.9 Å². The SMILES string of the molecule is COC(=O)[C@H](OC(=O)c1ccc(OC)c(OC)c1)[C@@H](OC(=O)c1ccc(OC)c(OC)c1)C(=O)OC. The van der Waals surface area contributed by atoms with Gasteiger partial charge in [0.25, 0.3) is 0 Å². The highest BCUT2D eigenvalue weighted by atomic mass is 16.6. The van der Waals surface area contributed by atoms with Crippen molar-refractivity contribution in [1.82, 2.24) is 0 Å². The summed E-state index contributed by atoms with van der Waals surface area (Å²) in [7, 11) is 7.57. The van der Waals surface area contributed by atoms with Crippen LogP contribution in [0.1, 0.15) is 20.7 Å². The number of carbonyl (C=O) groups excluding carboxylic acids is 4. The summed E-state index contributed by atoms with van der Waals surface area (Å²) in [6.45, 7) is 0. The number of rotatable bonds is 11. The number of ether oxygens (including phenoxy) is 8. The molecule has 2 aromatic carbocycles. The van der Waals surface area contributed by atoms with Gasteiger partial charge in [0.2, 0.25) is 12.2 Å². The van der Waals surface area contributed by atoms with E-state index in [0.29, 0.717) is 11.5 Å². The number of carbonyl (C=O) groups is 4. The summed E-state index contributed by atoms with van der Waals surface area (Å²) in [6, 6.07) is 8.19. The van der Waals surface area contributed by atoms with Gasteiger partial charge in [0.15, 0.2) is 23.0 Å². The van der Waals surface area contributed by atoms with Gasteiger partial charge in [-0.15, -0.1) is 0 Å². The van der Waals surface area contributed by atoms with Crippen LogP contribution in [0.5, 0.6) is 23.0 Å². The Morgan fingerprint density at radius 3 is 1.14 bits per heavy atom. The second-order valence-electron chi connectivity index (χ2n) is 6.84. The Kier molecular flexibility index (Phi) is 9.90. The molecule has 0 saturated heterocycles. The lowest BCUT2D eigenvalue weighted by molar-refractivity contribution is -0.170. The molecule has 0 spiro atoms. The first-order valence-corrected chi connectivity index (χ1v) is 10.3. The van der Waals surface area contributed by atoms with Gasteiger partial charge in [0, 0.05) is 0 Å². The van der Waals surface area contributed by atoms with E-state index in [1.54, 1.807) is 0 Å². The molecule has 0 bridgehead atoms. The van der Waals surface area contributed by atoms with E-state index in [9.17, 15) is 19.2 Å². The minimum absolute atomic E-state index is 0.0450. The number of benzene rings is 2. The number of hydrogen-bond acceptors (Lipinski definition) is 12. The number of esters is 4. The summed E-state index contributed by atoms with van der Waals surface area (Å²) in [4.78, 5) is 50.6. The molecule has 0 aliphatic carbocycles. The van der Waals surface area contributed by atoms with E-state index in [1.165, 1.54) is 64.8 Å². The summed E-state index contributed by atoms with van der Waals surface area (Å²) in [6.07, 6.45) is -3.99. The third-order valence-electron chi connectivity index (χ3n) is 4.85. The molecule has 36 heavy (non-hydrogen) atoms. The van der Waals surface area contributed by atoms with Crippen LogP contribution in [0.4, 0.5) is 0 Å². The van der Waals surface area contributed by atoms with Gasteiger partial charge in [-0.2, -0.15) is 0 Å². The maximum Gasteiger partial charge on any atom is 0.351 e. The molecule has 0 N–H and O–H groups in total. The molecule has 2 aromatic rings. The highest BCUT2D eigenvalue weighted by Crippen LogP contribution is 2.29. The molecular weight excluding hydrogens is 480 g/mol. The molecule has 0 fully saturated rings. The minimum atomic E-state index is -1.99. The quantitative estimate of drug-likeness (QED) is 0.324. The van der Waals surface area contributed by atoms with Crippen molar-refractivity contribution < 1.29 is 57.1 Å². The Hall–Kier alpha value is -4.48. The Labute approximate surface area is 206 Å². The van der Waals surface area contributed by atoms with Gasteiger partial charge in [-0.25, -0.2) is 19.2 Å². The third-order valence-corrected chi connectivity index (χ3v) is 4.85. The molecule has 0 amide bonds. The van der Waals surface area contributed by atoms with Crippen LogP contribution in [0.25, 0.3) is 0 Å². The van der Waals surface area contributed by atoms with Crippen LogP contribution in [0.2, 0.25) is 0 Å². The van der Waals surface area contributed by atoms with E-state index in [4.69, 9.17) is 28.4 Å². The molecule has 0 unspecified atom stereocenters. The van der Waals surface area contributed by atoms with E-state index in [-0.39, 0.29) is 22.6 Å². The molecule has 2 rings (SSSR count). The fourth-order valence-corrected chi connectivity index (χ4v) is 2.99. The molecule has 0 aliphatic rings. The fraction of sp³-hybridized carbons (Fsp3) is 0.333. The van der Waals surface area contributed by atoms with Crippen LogP contribution < -0.4 is 18.9 Å². The predicted molar refractivity (Wildman–Crippen MR) is 122 cm³/mol. The highest BCUT2D eigenvalue weighted by Gasteiger charge is 2.42. The smallest absolute Gasteiger partial charge is 0.351 e. The molecule has 12 nitrogen and oxygen atoms in total. The van der Waals surface area contributed by atoms with Crippen molar-refractivity contribution in [2.75, 3.05) is 42.7 Å². The molecule has 0 aromatic heterocycles. The van der Waals surface area contributed by atoms with Crippen LogP contribution in [0.15, 0.2) is 36.4 Å². The van der Waals surface area contributed by atoms with Gasteiger partial charge in [0.05, 0.1) is 53.8 Å². The lowest BCUT2D eigenvalue weighted by atomic mass is 10.1. The van der Waals surface area contributed by atoms with Crippen LogP contribution in [0.3, 0.4) is 0 Å². The maximum atomic E-state index is 12.8. The van der Waals surface area contributed by atoms with Crippen molar-refractivity contribution in [2.45, 2.75) is 12.2 Å². The third kappa shape index (κ3) is 6.34. The normalized spacial score (nSPS) is 11.8. The van der Waals surface area contributed by atoms with Gasteiger partial charge in [-0.3, -0.25) is 0 Å². The molecule has 0 saturated carbocycles. The lowest BCUT2D eigenvalue weighted by Gasteiger charge is -2.23. The van der Waals surface area contributed by atoms with Crippen molar-refractivity contribution in [2.24, 2.45) is 0 Å². The topological polar surface area (TPSA) is 142 Å². The summed E-state index contributed by atoms with van der Waals surface area (Å²) >= 11 is 0. The van der Waals surface area contributed by atoms with Crippen molar-refractivity contribution in [1.29, 1.82) is 0 Å². The fourth-order valence-electron chi connectivity index (χ4n) is 2.99. The number of hydrogen-bond donors (Lipinski definition) is 0. The second-order valence-corrected chi connectivity index (χ2v) is 6.84. The molecular formula is C24H26O12. The largest absolute Gasteiger partial charge is 0.493 e. The molecule has 194 valence electrons.